The summed E-state index contributed by atoms with van der Waals surface area (Å²) in [6.45, 7) is 0.989. The van der Waals surface area contributed by atoms with E-state index in [1.165, 1.54) is 0 Å². The number of hydrogen-bond donors (Lipinski definition) is 2. The van der Waals surface area contributed by atoms with Crippen molar-refractivity contribution in [3.63, 3.8) is 0 Å². The fourth-order valence-corrected chi connectivity index (χ4v) is 0.508. The summed E-state index contributed by atoms with van der Waals surface area (Å²) in [7, 11) is 0. The van der Waals surface area contributed by atoms with Gasteiger partial charge in [0.1, 0.15) is 0 Å². The molecular weight excluding hydrogens is 140 g/mol. The Hall–Kier alpha value is -1.27. The summed E-state index contributed by atoms with van der Waals surface area (Å²) in [5, 5.41) is 2.59. The summed E-state index contributed by atoms with van der Waals surface area (Å²) in [5.41, 5.74) is 5.17. The van der Waals surface area contributed by atoms with Crippen molar-refractivity contribution >= 4 is 5.91 Å². The third kappa shape index (κ3) is 6.62. The Kier molecular flexibility index (Phi) is 6.05. The van der Waals surface area contributed by atoms with E-state index < -0.39 is 0 Å². The number of rotatable bonds is 4. The average molecular weight is 152 g/mol. The molecule has 0 aromatic rings. The second-order valence-electron chi connectivity index (χ2n) is 1.89. The molecule has 0 aromatic carbocycles. The summed E-state index contributed by atoms with van der Waals surface area (Å²) in [6, 6.07) is 0. The zero-order chi connectivity index (χ0) is 8.53. The molecule has 0 radical (unpaired) electrons. The lowest BCUT2D eigenvalue weighted by molar-refractivity contribution is -0.119. The third-order valence-corrected chi connectivity index (χ3v) is 0.982. The van der Waals surface area contributed by atoms with Crippen molar-refractivity contribution < 1.29 is 4.79 Å². The fourth-order valence-electron chi connectivity index (χ4n) is 0.508. The first-order valence-electron chi connectivity index (χ1n) is 3.36. The number of amides is 1. The second-order valence-corrected chi connectivity index (χ2v) is 1.89. The third-order valence-electron chi connectivity index (χ3n) is 0.982. The van der Waals surface area contributed by atoms with Crippen LogP contribution in [0.2, 0.25) is 0 Å². The predicted molar refractivity (Wildman–Crippen MR) is 44.7 cm³/mol. The first-order valence-corrected chi connectivity index (χ1v) is 3.36. The Morgan fingerprint density at radius 1 is 1.64 bits per heavy atom. The highest BCUT2D eigenvalue weighted by molar-refractivity contribution is 5.78. The molecular formula is C8H12N2O. The number of carbonyl (C=O) groups is 1. The van der Waals surface area contributed by atoms with Crippen LogP contribution in [0.15, 0.2) is 12.2 Å². The summed E-state index contributed by atoms with van der Waals surface area (Å²) < 4.78 is 0. The van der Waals surface area contributed by atoms with Gasteiger partial charge < -0.3 is 11.1 Å². The topological polar surface area (TPSA) is 55.1 Å². The molecule has 0 atom stereocenters. The van der Waals surface area contributed by atoms with E-state index in [1.54, 1.807) is 12.2 Å². The molecule has 0 unspecified atom stereocenters. The maximum Gasteiger partial charge on any atom is 0.232 e. The molecule has 3 N–H and O–H groups in total. The number of nitrogens with one attached hydrogen (secondary N) is 1. The first kappa shape index (κ1) is 9.73. The van der Waals surface area contributed by atoms with Crippen molar-refractivity contribution in [1.82, 2.24) is 5.32 Å². The van der Waals surface area contributed by atoms with E-state index in [9.17, 15) is 4.79 Å². The lowest BCUT2D eigenvalue weighted by Crippen LogP contribution is -2.22. The van der Waals surface area contributed by atoms with Gasteiger partial charge >= 0.3 is 0 Å². The second kappa shape index (κ2) is 6.84. The maximum atomic E-state index is 10.7. The summed E-state index contributed by atoms with van der Waals surface area (Å²) in [4.78, 5) is 10.7. The van der Waals surface area contributed by atoms with Crippen LogP contribution in [-0.2, 0) is 4.79 Å². The molecule has 0 saturated heterocycles. The highest BCUT2D eigenvalue weighted by Crippen LogP contribution is 1.74. The number of carbonyl (C=O) groups excluding carboxylic acids is 1. The van der Waals surface area contributed by atoms with E-state index in [-0.39, 0.29) is 12.3 Å². The standard InChI is InChI=1S/C8H12N2O/c1-2-5-8(11)10-7-4-3-6-9/h1,3-4H,5-7,9H2,(H,10,11)/b4-3+. The average Bonchev–Trinajstić information content (AvgIpc) is 1.99. The van der Waals surface area contributed by atoms with E-state index in [4.69, 9.17) is 12.2 Å². The lowest BCUT2D eigenvalue weighted by atomic mass is 10.4. The quantitative estimate of drug-likeness (QED) is 0.427. The van der Waals surface area contributed by atoms with Crippen molar-refractivity contribution in [2.24, 2.45) is 5.73 Å². The number of hydrogen-bond acceptors (Lipinski definition) is 2. The van der Waals surface area contributed by atoms with Gasteiger partial charge in [-0.2, -0.15) is 0 Å². The molecule has 0 fully saturated rings. The van der Waals surface area contributed by atoms with E-state index in [1.807, 2.05) is 0 Å². The van der Waals surface area contributed by atoms with E-state index in [0.29, 0.717) is 13.1 Å². The van der Waals surface area contributed by atoms with Crippen molar-refractivity contribution in [3.8, 4) is 12.3 Å². The van der Waals surface area contributed by atoms with Crippen molar-refractivity contribution in [2.75, 3.05) is 13.1 Å². The SMILES string of the molecule is C#CCC(=O)NC/C=C/CN. The van der Waals surface area contributed by atoms with Crippen LogP contribution < -0.4 is 11.1 Å². The highest BCUT2D eigenvalue weighted by atomic mass is 16.1. The van der Waals surface area contributed by atoms with Gasteiger partial charge in [0.2, 0.25) is 5.91 Å². The Labute approximate surface area is 66.7 Å². The minimum absolute atomic E-state index is 0.130. The van der Waals surface area contributed by atoms with Crippen LogP contribution in [0.1, 0.15) is 6.42 Å². The molecule has 0 aliphatic carbocycles. The van der Waals surface area contributed by atoms with Gasteiger partial charge in [0, 0.05) is 13.1 Å². The maximum absolute atomic E-state index is 10.7. The highest BCUT2D eigenvalue weighted by Gasteiger charge is 1.92. The molecule has 0 bridgehead atoms. The Bertz CT molecular complexity index is 179. The molecule has 1 amide bonds. The van der Waals surface area contributed by atoms with Gasteiger partial charge in [0.25, 0.3) is 0 Å². The van der Waals surface area contributed by atoms with Gasteiger partial charge in [-0.25, -0.2) is 0 Å². The van der Waals surface area contributed by atoms with E-state index >= 15 is 0 Å². The first-order chi connectivity index (χ1) is 5.31. The Morgan fingerprint density at radius 3 is 2.91 bits per heavy atom. The van der Waals surface area contributed by atoms with Gasteiger partial charge in [-0.3, -0.25) is 4.79 Å². The van der Waals surface area contributed by atoms with Crippen LogP contribution in [0.4, 0.5) is 0 Å². The minimum atomic E-state index is -0.130. The molecule has 0 spiro atoms. The van der Waals surface area contributed by atoms with E-state index in [2.05, 4.69) is 11.2 Å². The largest absolute Gasteiger partial charge is 0.352 e. The number of terminal acetylenes is 1. The van der Waals surface area contributed by atoms with Crippen molar-refractivity contribution in [2.45, 2.75) is 6.42 Å². The summed E-state index contributed by atoms with van der Waals surface area (Å²) in [6.07, 6.45) is 8.61. The monoisotopic (exact) mass is 152 g/mol. The fraction of sp³-hybridized carbons (Fsp3) is 0.375. The van der Waals surface area contributed by atoms with Crippen molar-refractivity contribution in [1.29, 1.82) is 0 Å². The molecule has 60 valence electrons. The van der Waals surface area contributed by atoms with Gasteiger partial charge in [-0.05, 0) is 0 Å². The minimum Gasteiger partial charge on any atom is -0.352 e. The molecule has 3 heteroatoms. The molecule has 0 heterocycles. The van der Waals surface area contributed by atoms with Crippen LogP contribution in [0.5, 0.6) is 0 Å². The van der Waals surface area contributed by atoms with Crippen molar-refractivity contribution in [3.05, 3.63) is 12.2 Å². The lowest BCUT2D eigenvalue weighted by Gasteiger charge is -1.95. The number of nitrogens with two attached hydrogens (primary N) is 1. The normalized spacial score (nSPS) is 9.45. The Morgan fingerprint density at radius 2 is 2.36 bits per heavy atom. The molecule has 3 nitrogen and oxygen atoms in total. The predicted octanol–water partition coefficient (Wildman–Crippen LogP) is -0.359. The van der Waals surface area contributed by atoms with Crippen LogP contribution in [0.3, 0.4) is 0 Å². The summed E-state index contributed by atoms with van der Waals surface area (Å²) >= 11 is 0. The van der Waals surface area contributed by atoms with Gasteiger partial charge in [0.05, 0.1) is 6.42 Å². The molecule has 0 saturated carbocycles. The van der Waals surface area contributed by atoms with Crippen LogP contribution in [0.25, 0.3) is 0 Å². The molecule has 0 aliphatic rings. The Balaban J connectivity index is 3.33. The molecule has 0 rings (SSSR count). The zero-order valence-electron chi connectivity index (χ0n) is 6.34. The van der Waals surface area contributed by atoms with Gasteiger partial charge in [-0.15, -0.1) is 6.42 Å². The zero-order valence-corrected chi connectivity index (χ0v) is 6.34. The van der Waals surface area contributed by atoms with Gasteiger partial charge in [0.15, 0.2) is 0 Å². The smallest absolute Gasteiger partial charge is 0.232 e. The summed E-state index contributed by atoms with van der Waals surface area (Å²) in [5.74, 6) is 2.12. The van der Waals surface area contributed by atoms with Crippen LogP contribution in [-0.4, -0.2) is 19.0 Å². The van der Waals surface area contributed by atoms with Crippen LogP contribution >= 0.6 is 0 Å². The van der Waals surface area contributed by atoms with Crippen LogP contribution in [0, 0.1) is 12.3 Å². The molecule has 0 aliphatic heterocycles. The van der Waals surface area contributed by atoms with E-state index in [0.717, 1.165) is 0 Å². The van der Waals surface area contributed by atoms with Gasteiger partial charge in [-0.1, -0.05) is 18.1 Å². The molecule has 11 heavy (non-hydrogen) atoms. The molecule has 0 aromatic heterocycles.